The number of amides is 3. The van der Waals surface area contributed by atoms with Crippen LogP contribution in [-0.4, -0.2) is 83.6 Å². The minimum atomic E-state index is -3.94. The molecule has 3 amide bonds. The van der Waals surface area contributed by atoms with E-state index in [-0.39, 0.29) is 30.8 Å². The first-order valence-electron chi connectivity index (χ1n) is 19.1. The highest BCUT2D eigenvalue weighted by molar-refractivity contribution is 7.91. The van der Waals surface area contributed by atoms with Gasteiger partial charge in [0.2, 0.25) is 21.8 Å². The molecule has 2 saturated carbocycles. The summed E-state index contributed by atoms with van der Waals surface area (Å²) in [6.45, 7) is 9.13. The number of hydrogen-bond donors (Lipinski definition) is 3. The number of hydrogen-bond acceptors (Lipinski definition) is 11. The maximum atomic E-state index is 14.9. The molecule has 5 atom stereocenters. The van der Waals surface area contributed by atoms with E-state index in [0.29, 0.717) is 40.9 Å². The molecule has 7 rings (SSSR count). The lowest BCUT2D eigenvalue weighted by Crippen LogP contribution is -2.58. The topological polar surface area (TPSA) is 199 Å². The van der Waals surface area contributed by atoms with Crippen molar-refractivity contribution in [1.82, 2.24) is 19.9 Å². The number of likely N-dealkylation sites (tertiary alicyclic amines) is 1. The largest absolute Gasteiger partial charge is 0.497 e. The predicted octanol–water partition coefficient (Wildman–Crippen LogP) is 5.36. The number of methoxy groups -OCH3 is 1. The minimum Gasteiger partial charge on any atom is -0.497 e. The second-order valence-electron chi connectivity index (χ2n) is 16.1. The van der Waals surface area contributed by atoms with Crippen molar-refractivity contribution in [1.29, 1.82) is 0 Å². The van der Waals surface area contributed by atoms with E-state index in [0.717, 1.165) is 5.56 Å². The summed E-state index contributed by atoms with van der Waals surface area (Å²) in [6.07, 6.45) is 1.74. The van der Waals surface area contributed by atoms with E-state index in [1.807, 2.05) is 36.4 Å². The van der Waals surface area contributed by atoms with Crippen LogP contribution in [0.3, 0.4) is 0 Å². The van der Waals surface area contributed by atoms with Crippen LogP contribution < -0.4 is 24.8 Å². The number of benzene rings is 3. The normalized spacial score (nSPS) is 22.1. The van der Waals surface area contributed by atoms with Crippen LogP contribution in [0.1, 0.15) is 46.5 Å². The van der Waals surface area contributed by atoms with Crippen LogP contribution in [0.25, 0.3) is 22.2 Å². The van der Waals surface area contributed by atoms with Crippen molar-refractivity contribution >= 4 is 50.0 Å². The zero-order valence-electron chi connectivity index (χ0n) is 32.6. The quantitative estimate of drug-likeness (QED) is 0.0842. The summed E-state index contributed by atoms with van der Waals surface area (Å²) in [5.41, 5.74) is -0.470. The molecule has 1 aromatic heterocycles. The fourth-order valence-corrected chi connectivity index (χ4v) is 8.82. The number of ether oxygens (including phenoxy) is 2. The second-order valence-corrected chi connectivity index (χ2v) is 18.1. The van der Waals surface area contributed by atoms with E-state index in [9.17, 15) is 32.9 Å². The number of nitrogens with zero attached hydrogens (tertiary/aromatic N) is 3. The van der Waals surface area contributed by atoms with E-state index in [4.69, 9.17) is 14.5 Å². The Balaban J connectivity index is 1.24. The van der Waals surface area contributed by atoms with Crippen molar-refractivity contribution in [2.75, 3.05) is 19.0 Å². The summed E-state index contributed by atoms with van der Waals surface area (Å²) in [4.78, 5) is 60.7. The number of anilines is 1. The fourth-order valence-electron chi connectivity index (χ4n) is 7.46. The monoisotopic (exact) mass is 810 g/mol. The van der Waals surface area contributed by atoms with Crippen molar-refractivity contribution in [3.63, 3.8) is 0 Å². The molecule has 3 aromatic carbocycles. The molecular weight excluding hydrogens is 765 g/mol. The Morgan fingerprint density at radius 3 is 2.40 bits per heavy atom. The lowest BCUT2D eigenvalue weighted by molar-refractivity contribution is -0.384. The maximum Gasteiger partial charge on any atom is 0.292 e. The number of para-hydroxylation sites is 2. The molecule has 304 valence electrons. The smallest absolute Gasteiger partial charge is 0.292 e. The Kier molecular flexibility index (Phi) is 10.7. The molecule has 16 heteroatoms. The molecule has 3 fully saturated rings. The van der Waals surface area contributed by atoms with Gasteiger partial charge in [-0.25, -0.2) is 13.4 Å². The number of carbonyl (C=O) groups excluding carboxylic acids is 3. The Labute approximate surface area is 336 Å². The standard InChI is InChI=1S/C42H46N6O9S/c1-6-26-23-42(26,40(51)46-58(54,55)29-17-18-29)45-38(49)35-21-28(24-47(35)39(50)37(41(2,3)4)44-31-14-10-11-15-34(31)48(52)53)57-36-22-32(25-12-8-7-9-13-25)43-33-20-27(56-5)16-19-30(33)36/h6-16,19-20,22,26,28-29,35,37,44H,1,17-18,21,23-24H2,2-5H3,(H,45,49)(H,46,51)/t26-,28-,35?,37-,42-/m1/s1. The number of aromatic nitrogens is 1. The molecule has 58 heavy (non-hydrogen) atoms. The molecule has 3 N–H and O–H groups in total. The third-order valence-electron chi connectivity index (χ3n) is 11.0. The van der Waals surface area contributed by atoms with Crippen molar-refractivity contribution in [2.24, 2.45) is 11.3 Å². The lowest BCUT2D eigenvalue weighted by Gasteiger charge is -2.36. The van der Waals surface area contributed by atoms with Crippen LogP contribution in [0, 0.1) is 21.4 Å². The molecule has 1 unspecified atom stereocenters. The zero-order valence-corrected chi connectivity index (χ0v) is 33.5. The van der Waals surface area contributed by atoms with Crippen molar-refractivity contribution in [2.45, 2.75) is 75.4 Å². The number of nitro benzene ring substituents is 1. The van der Waals surface area contributed by atoms with E-state index in [1.54, 1.807) is 52.1 Å². The predicted molar refractivity (Wildman–Crippen MR) is 217 cm³/mol. The van der Waals surface area contributed by atoms with Gasteiger partial charge in [-0.15, -0.1) is 6.58 Å². The molecule has 1 aliphatic heterocycles. The van der Waals surface area contributed by atoms with Gasteiger partial charge in [-0.2, -0.15) is 0 Å². The van der Waals surface area contributed by atoms with Gasteiger partial charge in [0.1, 0.15) is 40.9 Å². The van der Waals surface area contributed by atoms with Gasteiger partial charge in [0.05, 0.1) is 35.0 Å². The Morgan fingerprint density at radius 2 is 1.76 bits per heavy atom. The van der Waals surface area contributed by atoms with E-state index in [2.05, 4.69) is 21.9 Å². The van der Waals surface area contributed by atoms with Crippen LogP contribution in [0.5, 0.6) is 11.5 Å². The van der Waals surface area contributed by atoms with Crippen LogP contribution >= 0.6 is 0 Å². The lowest BCUT2D eigenvalue weighted by atomic mass is 9.85. The number of rotatable bonds is 14. The highest BCUT2D eigenvalue weighted by atomic mass is 32.2. The van der Waals surface area contributed by atoms with E-state index >= 15 is 0 Å². The van der Waals surface area contributed by atoms with Crippen LogP contribution in [0.2, 0.25) is 0 Å². The molecule has 0 spiro atoms. The fraction of sp³-hybridized carbons (Fsp3) is 0.381. The molecule has 0 radical (unpaired) electrons. The molecule has 4 aromatic rings. The number of nitro groups is 1. The summed E-state index contributed by atoms with van der Waals surface area (Å²) >= 11 is 0. The number of fused-ring (bicyclic) bond motifs is 1. The van der Waals surface area contributed by atoms with Crippen LogP contribution in [-0.2, 0) is 24.4 Å². The average Bonchev–Trinajstić information content (AvgIpc) is 4.13. The van der Waals surface area contributed by atoms with Gasteiger partial charge in [0.25, 0.3) is 11.6 Å². The molecule has 0 bridgehead atoms. The molecule has 2 heterocycles. The van der Waals surface area contributed by atoms with Crippen LogP contribution in [0.15, 0.2) is 91.5 Å². The third kappa shape index (κ3) is 8.05. The molecule has 15 nitrogen and oxygen atoms in total. The Morgan fingerprint density at radius 1 is 1.05 bits per heavy atom. The van der Waals surface area contributed by atoms with Gasteiger partial charge in [0, 0.05) is 41.5 Å². The summed E-state index contributed by atoms with van der Waals surface area (Å²) in [7, 11) is -2.38. The first-order chi connectivity index (χ1) is 27.5. The number of carbonyl (C=O) groups is 3. The SMILES string of the molecule is C=C[C@@H]1C[C@]1(NC(=O)C1C[C@@H](Oc2cc(-c3ccccc3)nc3cc(OC)ccc23)CN1C(=O)[C@@H](Nc1ccccc1[N+](=O)[O-])C(C)(C)C)C(=O)NS(=O)(=O)C1CC1. The number of nitrogens with one attached hydrogen (secondary N) is 3. The molecular formula is C42H46N6O9S. The first kappa shape index (κ1) is 40.2. The van der Waals surface area contributed by atoms with Gasteiger partial charge in [-0.3, -0.25) is 29.2 Å². The summed E-state index contributed by atoms with van der Waals surface area (Å²) in [5.74, 6) is -1.59. The van der Waals surface area contributed by atoms with Crippen molar-refractivity contribution in [3.05, 3.63) is 102 Å². The summed E-state index contributed by atoms with van der Waals surface area (Å²) in [6, 6.07) is 20.5. The molecule has 1 saturated heterocycles. The zero-order chi connectivity index (χ0) is 41.6. The summed E-state index contributed by atoms with van der Waals surface area (Å²) < 4.78 is 40.0. The van der Waals surface area contributed by atoms with Gasteiger partial charge in [-0.1, -0.05) is 69.3 Å². The maximum absolute atomic E-state index is 14.9. The van der Waals surface area contributed by atoms with Crippen molar-refractivity contribution < 1.29 is 37.2 Å². The van der Waals surface area contributed by atoms with Gasteiger partial charge >= 0.3 is 0 Å². The van der Waals surface area contributed by atoms with Crippen LogP contribution in [0.4, 0.5) is 11.4 Å². The average molecular weight is 811 g/mol. The third-order valence-corrected chi connectivity index (χ3v) is 12.8. The van der Waals surface area contributed by atoms with E-state index < -0.39 is 73.0 Å². The molecule has 3 aliphatic rings. The van der Waals surface area contributed by atoms with E-state index in [1.165, 1.54) is 29.2 Å². The minimum absolute atomic E-state index is 0.00259. The number of sulfonamides is 1. The highest BCUT2D eigenvalue weighted by Crippen LogP contribution is 2.46. The van der Waals surface area contributed by atoms with Crippen molar-refractivity contribution in [3.8, 4) is 22.8 Å². The van der Waals surface area contributed by atoms with Gasteiger partial charge < -0.3 is 25.0 Å². The highest BCUT2D eigenvalue weighted by Gasteiger charge is 2.62. The Bertz CT molecular complexity index is 2400. The van der Waals surface area contributed by atoms with Gasteiger partial charge in [0.15, 0.2) is 0 Å². The Hall–Kier alpha value is -6.03. The summed E-state index contributed by atoms with van der Waals surface area (Å²) in [5, 5.41) is 17.9. The molecule has 2 aliphatic carbocycles. The second kappa shape index (κ2) is 15.4. The first-order valence-corrected chi connectivity index (χ1v) is 20.6. The number of pyridine rings is 1. The van der Waals surface area contributed by atoms with Gasteiger partial charge in [-0.05, 0) is 42.9 Å².